The minimum absolute atomic E-state index is 0.0960. The molecule has 1 aromatic rings. The zero-order chi connectivity index (χ0) is 14.3. The van der Waals surface area contributed by atoms with Crippen LogP contribution in [0.5, 0.6) is 6.01 Å². The highest BCUT2D eigenvalue weighted by Crippen LogP contribution is 2.17. The Bertz CT molecular complexity index is 446. The van der Waals surface area contributed by atoms with Crippen molar-refractivity contribution in [2.45, 2.75) is 39.7 Å². The van der Waals surface area contributed by atoms with Gasteiger partial charge in [-0.3, -0.25) is 0 Å². The van der Waals surface area contributed by atoms with E-state index in [1.54, 1.807) is 0 Å². The van der Waals surface area contributed by atoms with Crippen molar-refractivity contribution in [3.05, 3.63) is 5.28 Å². The first-order valence-corrected chi connectivity index (χ1v) is 6.64. The average molecular weight is 284 g/mol. The Morgan fingerprint density at radius 3 is 2.68 bits per heavy atom. The number of rotatable bonds is 7. The molecular weight excluding hydrogens is 266 g/mol. The molecule has 1 heterocycles. The smallest absolute Gasteiger partial charge is 0.322 e. The second-order valence-electron chi connectivity index (χ2n) is 4.23. The summed E-state index contributed by atoms with van der Waals surface area (Å²) in [6.45, 7) is 7.07. The van der Waals surface area contributed by atoms with E-state index in [0.29, 0.717) is 25.5 Å². The summed E-state index contributed by atoms with van der Waals surface area (Å²) in [5.74, 6) is 0.441. The molecule has 0 N–H and O–H groups in total. The van der Waals surface area contributed by atoms with Gasteiger partial charge in [-0.05, 0) is 31.9 Å². The molecule has 0 spiro atoms. The summed E-state index contributed by atoms with van der Waals surface area (Å²) in [7, 11) is 0. The van der Waals surface area contributed by atoms with Crippen molar-refractivity contribution in [2.24, 2.45) is 0 Å². The van der Waals surface area contributed by atoms with E-state index in [-0.39, 0.29) is 17.3 Å². The van der Waals surface area contributed by atoms with Gasteiger partial charge in [-0.2, -0.15) is 20.2 Å². The van der Waals surface area contributed by atoms with Crippen LogP contribution in [0.4, 0.5) is 5.95 Å². The van der Waals surface area contributed by atoms with Gasteiger partial charge in [-0.25, -0.2) is 0 Å². The third-order valence-electron chi connectivity index (χ3n) is 2.36. The van der Waals surface area contributed by atoms with Crippen LogP contribution < -0.4 is 9.64 Å². The van der Waals surface area contributed by atoms with Crippen LogP contribution in [-0.4, -0.2) is 34.1 Å². The molecule has 1 aromatic heterocycles. The van der Waals surface area contributed by atoms with Crippen LogP contribution in [0.3, 0.4) is 0 Å². The fourth-order valence-electron chi connectivity index (χ4n) is 1.47. The number of nitrogens with zero attached hydrogens (tertiary/aromatic N) is 5. The van der Waals surface area contributed by atoms with Crippen molar-refractivity contribution in [3.63, 3.8) is 0 Å². The van der Waals surface area contributed by atoms with Crippen LogP contribution >= 0.6 is 11.6 Å². The summed E-state index contributed by atoms with van der Waals surface area (Å²) < 4.78 is 5.37. The monoisotopic (exact) mass is 283 g/mol. The van der Waals surface area contributed by atoms with Gasteiger partial charge in [0.15, 0.2) is 0 Å². The van der Waals surface area contributed by atoms with Gasteiger partial charge < -0.3 is 9.64 Å². The van der Waals surface area contributed by atoms with E-state index in [1.165, 1.54) is 0 Å². The van der Waals surface area contributed by atoms with E-state index in [9.17, 15) is 0 Å². The van der Waals surface area contributed by atoms with Gasteiger partial charge in [-0.15, -0.1) is 0 Å². The lowest BCUT2D eigenvalue weighted by atomic mass is 10.3. The van der Waals surface area contributed by atoms with Gasteiger partial charge in [0, 0.05) is 12.6 Å². The predicted molar refractivity (Wildman–Crippen MR) is 73.3 cm³/mol. The van der Waals surface area contributed by atoms with Crippen LogP contribution in [-0.2, 0) is 0 Å². The Hall–Kier alpha value is -1.61. The molecule has 0 fully saturated rings. The topological polar surface area (TPSA) is 74.9 Å². The van der Waals surface area contributed by atoms with Gasteiger partial charge in [0.05, 0.1) is 19.1 Å². The number of aromatic nitrogens is 3. The van der Waals surface area contributed by atoms with Gasteiger partial charge in [0.25, 0.3) is 0 Å². The molecule has 19 heavy (non-hydrogen) atoms. The summed E-state index contributed by atoms with van der Waals surface area (Å²) in [5, 5.41) is 8.78. The van der Waals surface area contributed by atoms with Crippen molar-refractivity contribution in [2.75, 3.05) is 18.1 Å². The van der Waals surface area contributed by atoms with Crippen molar-refractivity contribution < 1.29 is 4.74 Å². The van der Waals surface area contributed by atoms with Crippen molar-refractivity contribution in [3.8, 4) is 12.1 Å². The Morgan fingerprint density at radius 2 is 2.11 bits per heavy atom. The van der Waals surface area contributed by atoms with Gasteiger partial charge in [0.1, 0.15) is 0 Å². The van der Waals surface area contributed by atoms with Gasteiger partial charge >= 0.3 is 6.01 Å². The second-order valence-corrected chi connectivity index (χ2v) is 4.57. The summed E-state index contributed by atoms with van der Waals surface area (Å²) in [6, 6.07) is 2.49. The standard InChI is InChI=1S/C12H18ClN5O/c1-4-8-19-12-16-10(13)15-11(17-12)18(9(2)3)7-5-6-14/h9H,4-5,7-8H2,1-3H3. The quantitative estimate of drug-likeness (QED) is 0.765. The van der Waals surface area contributed by atoms with Gasteiger partial charge in [-0.1, -0.05) is 6.92 Å². The minimum atomic E-state index is 0.0960. The number of hydrogen-bond acceptors (Lipinski definition) is 6. The highest BCUT2D eigenvalue weighted by Gasteiger charge is 2.16. The molecule has 0 unspecified atom stereocenters. The molecule has 0 bridgehead atoms. The molecule has 104 valence electrons. The molecule has 7 heteroatoms. The maximum atomic E-state index is 8.69. The van der Waals surface area contributed by atoms with Gasteiger partial charge in [0.2, 0.25) is 11.2 Å². The van der Waals surface area contributed by atoms with Crippen LogP contribution in [0.25, 0.3) is 0 Å². The molecule has 0 aliphatic heterocycles. The number of nitriles is 1. The van der Waals surface area contributed by atoms with Crippen LogP contribution in [0.1, 0.15) is 33.6 Å². The fraction of sp³-hybridized carbons (Fsp3) is 0.667. The SMILES string of the molecule is CCCOc1nc(Cl)nc(N(CCC#N)C(C)C)n1. The molecule has 0 aromatic carbocycles. The Morgan fingerprint density at radius 1 is 1.37 bits per heavy atom. The number of halogens is 1. The highest BCUT2D eigenvalue weighted by molar-refractivity contribution is 6.28. The normalized spacial score (nSPS) is 10.3. The Balaban J connectivity index is 2.95. The van der Waals surface area contributed by atoms with E-state index in [4.69, 9.17) is 21.6 Å². The Kier molecular flexibility index (Phi) is 6.30. The van der Waals surface area contributed by atoms with E-state index in [2.05, 4.69) is 21.0 Å². The lowest BCUT2D eigenvalue weighted by molar-refractivity contribution is 0.291. The predicted octanol–water partition coefficient (Wildman–Crippen LogP) is 2.44. The lowest BCUT2D eigenvalue weighted by Gasteiger charge is -2.25. The van der Waals surface area contributed by atoms with E-state index in [0.717, 1.165) is 6.42 Å². The molecule has 0 saturated heterocycles. The summed E-state index contributed by atoms with van der Waals surface area (Å²) >= 11 is 5.88. The van der Waals surface area contributed by atoms with E-state index < -0.39 is 0 Å². The number of hydrogen-bond donors (Lipinski definition) is 0. The molecule has 0 saturated carbocycles. The maximum Gasteiger partial charge on any atom is 0.322 e. The summed E-state index contributed by atoms with van der Waals surface area (Å²) in [5.41, 5.74) is 0. The van der Waals surface area contributed by atoms with Crippen LogP contribution in [0.2, 0.25) is 5.28 Å². The molecule has 1 rings (SSSR count). The first-order valence-electron chi connectivity index (χ1n) is 6.26. The molecule has 0 amide bonds. The lowest BCUT2D eigenvalue weighted by Crippen LogP contribution is -2.33. The molecule has 0 aliphatic carbocycles. The first-order chi connectivity index (χ1) is 9.08. The van der Waals surface area contributed by atoms with Crippen molar-refractivity contribution in [1.82, 2.24) is 15.0 Å². The molecular formula is C12H18ClN5O. The van der Waals surface area contributed by atoms with Crippen molar-refractivity contribution in [1.29, 1.82) is 5.26 Å². The summed E-state index contributed by atoms with van der Waals surface area (Å²) in [6.07, 6.45) is 1.26. The fourth-order valence-corrected chi connectivity index (χ4v) is 1.62. The molecule has 0 aliphatic rings. The van der Waals surface area contributed by atoms with E-state index >= 15 is 0 Å². The maximum absolute atomic E-state index is 8.69. The first kappa shape index (κ1) is 15.4. The van der Waals surface area contributed by atoms with Crippen LogP contribution in [0.15, 0.2) is 0 Å². The largest absolute Gasteiger partial charge is 0.463 e. The second kappa shape index (κ2) is 7.74. The molecule has 0 atom stereocenters. The van der Waals surface area contributed by atoms with E-state index in [1.807, 2.05) is 25.7 Å². The summed E-state index contributed by atoms with van der Waals surface area (Å²) in [4.78, 5) is 14.2. The minimum Gasteiger partial charge on any atom is -0.463 e. The number of ether oxygens (including phenoxy) is 1. The Labute approximate surface area is 118 Å². The zero-order valence-electron chi connectivity index (χ0n) is 11.4. The number of anilines is 1. The highest BCUT2D eigenvalue weighted by atomic mass is 35.5. The third-order valence-corrected chi connectivity index (χ3v) is 2.52. The van der Waals surface area contributed by atoms with Crippen molar-refractivity contribution >= 4 is 17.5 Å². The molecule has 6 nitrogen and oxygen atoms in total. The zero-order valence-corrected chi connectivity index (χ0v) is 12.2. The van der Waals surface area contributed by atoms with Crippen LogP contribution in [0, 0.1) is 11.3 Å². The molecule has 0 radical (unpaired) electrons. The average Bonchev–Trinajstić information content (AvgIpc) is 2.36. The third kappa shape index (κ3) is 4.87.